The van der Waals surface area contributed by atoms with Crippen molar-refractivity contribution < 1.29 is 9.13 Å². The topological polar surface area (TPSA) is 33.0 Å². The van der Waals surface area contributed by atoms with Gasteiger partial charge in [0, 0.05) is 5.56 Å². The summed E-state index contributed by atoms with van der Waals surface area (Å²) in [4.78, 5) is 0. The van der Waals surface area contributed by atoms with E-state index in [0.29, 0.717) is 23.5 Å². The van der Waals surface area contributed by atoms with Crippen LogP contribution in [0.15, 0.2) is 72.8 Å². The smallest absolute Gasteiger partial charge is 0.132 e. The molecule has 0 fully saturated rings. The van der Waals surface area contributed by atoms with Gasteiger partial charge in [-0.05, 0) is 35.4 Å². The van der Waals surface area contributed by atoms with Crippen LogP contribution in [-0.4, -0.2) is 0 Å². The van der Waals surface area contributed by atoms with E-state index in [9.17, 15) is 4.39 Å². The molecule has 0 radical (unpaired) electrons. The van der Waals surface area contributed by atoms with Gasteiger partial charge in [-0.25, -0.2) is 4.39 Å². The van der Waals surface area contributed by atoms with Gasteiger partial charge < -0.3 is 4.74 Å². The molecule has 0 aliphatic rings. The Morgan fingerprint density at radius 1 is 0.913 bits per heavy atom. The molecule has 0 bridgehead atoms. The Morgan fingerprint density at radius 3 is 2.48 bits per heavy atom. The zero-order valence-corrected chi connectivity index (χ0v) is 12.4. The van der Waals surface area contributed by atoms with Gasteiger partial charge in [0.15, 0.2) is 0 Å². The van der Waals surface area contributed by atoms with Crippen LogP contribution < -0.4 is 4.74 Å². The second kappa shape index (κ2) is 6.76. The van der Waals surface area contributed by atoms with E-state index >= 15 is 0 Å². The summed E-state index contributed by atoms with van der Waals surface area (Å²) in [6.07, 6.45) is 0. The molecule has 0 aliphatic heterocycles. The van der Waals surface area contributed by atoms with E-state index in [2.05, 4.69) is 0 Å². The summed E-state index contributed by atoms with van der Waals surface area (Å²) in [6.45, 7) is 0.458. The first-order chi connectivity index (χ1) is 11.3. The molecule has 2 nitrogen and oxygen atoms in total. The summed E-state index contributed by atoms with van der Waals surface area (Å²) in [5.74, 6) is 0.263. The van der Waals surface area contributed by atoms with Crippen molar-refractivity contribution in [3.63, 3.8) is 0 Å². The van der Waals surface area contributed by atoms with Crippen LogP contribution in [0.1, 0.15) is 11.1 Å². The van der Waals surface area contributed by atoms with Gasteiger partial charge in [-0.15, -0.1) is 0 Å². The van der Waals surface area contributed by atoms with Gasteiger partial charge in [-0.3, -0.25) is 0 Å². The zero-order chi connectivity index (χ0) is 16.1. The molecule has 3 aromatic rings. The number of halogens is 1. The quantitative estimate of drug-likeness (QED) is 0.683. The van der Waals surface area contributed by atoms with Gasteiger partial charge >= 0.3 is 0 Å². The van der Waals surface area contributed by atoms with Gasteiger partial charge in [0.05, 0.1) is 11.6 Å². The van der Waals surface area contributed by atoms with Crippen molar-refractivity contribution in [1.82, 2.24) is 0 Å². The average molecular weight is 303 g/mol. The molecule has 0 aromatic heterocycles. The van der Waals surface area contributed by atoms with Crippen molar-refractivity contribution in [3.8, 4) is 22.9 Å². The Balaban J connectivity index is 1.81. The normalized spacial score (nSPS) is 10.1. The Kier molecular flexibility index (Phi) is 4.35. The van der Waals surface area contributed by atoms with Crippen LogP contribution in [-0.2, 0) is 6.61 Å². The number of rotatable bonds is 4. The molecule has 0 saturated heterocycles. The second-order valence-corrected chi connectivity index (χ2v) is 5.11. The summed E-state index contributed by atoms with van der Waals surface area (Å²) >= 11 is 0. The van der Waals surface area contributed by atoms with Crippen LogP contribution in [0.3, 0.4) is 0 Å². The van der Waals surface area contributed by atoms with E-state index in [1.165, 1.54) is 6.07 Å². The summed E-state index contributed by atoms with van der Waals surface area (Å²) in [6, 6.07) is 23.5. The summed E-state index contributed by atoms with van der Waals surface area (Å²) in [5, 5.41) is 8.81. The van der Waals surface area contributed by atoms with Crippen molar-refractivity contribution in [2.45, 2.75) is 6.61 Å². The van der Waals surface area contributed by atoms with E-state index in [-0.39, 0.29) is 0 Å². The fraction of sp³-hybridized carbons (Fsp3) is 0.0500. The van der Waals surface area contributed by atoms with Gasteiger partial charge in [0.1, 0.15) is 18.2 Å². The lowest BCUT2D eigenvalue weighted by Crippen LogP contribution is -1.95. The maximum Gasteiger partial charge on any atom is 0.132 e. The molecule has 3 heteroatoms. The predicted molar refractivity (Wildman–Crippen MR) is 87.3 cm³/mol. The average Bonchev–Trinajstić information content (AvgIpc) is 2.61. The van der Waals surface area contributed by atoms with Crippen LogP contribution in [0.4, 0.5) is 4.39 Å². The molecule has 3 rings (SSSR count). The number of ether oxygens (including phenoxy) is 1. The zero-order valence-electron chi connectivity index (χ0n) is 12.4. The monoisotopic (exact) mass is 303 g/mol. The maximum atomic E-state index is 14.1. The molecule has 112 valence electrons. The minimum Gasteiger partial charge on any atom is -0.489 e. The van der Waals surface area contributed by atoms with Crippen molar-refractivity contribution in [3.05, 3.63) is 89.7 Å². The molecule has 0 aliphatic carbocycles. The van der Waals surface area contributed by atoms with E-state index in [4.69, 9.17) is 10.00 Å². The molecule has 0 atom stereocenters. The molecule has 0 spiro atoms. The third-order valence-corrected chi connectivity index (χ3v) is 3.49. The summed E-state index contributed by atoms with van der Waals surface area (Å²) < 4.78 is 19.9. The summed E-state index contributed by atoms with van der Waals surface area (Å²) in [7, 11) is 0. The van der Waals surface area contributed by atoms with E-state index in [1.54, 1.807) is 18.2 Å². The third kappa shape index (κ3) is 3.56. The van der Waals surface area contributed by atoms with Gasteiger partial charge in [0.25, 0.3) is 0 Å². The molecular weight excluding hydrogens is 289 g/mol. The highest BCUT2D eigenvalue weighted by molar-refractivity contribution is 5.66. The molecule has 23 heavy (non-hydrogen) atoms. The van der Waals surface area contributed by atoms with Crippen molar-refractivity contribution in [1.29, 1.82) is 5.26 Å². The number of nitrogens with zero attached hydrogens (tertiary/aromatic N) is 1. The van der Waals surface area contributed by atoms with Gasteiger partial charge in [0.2, 0.25) is 0 Å². The fourth-order valence-electron chi connectivity index (χ4n) is 2.31. The van der Waals surface area contributed by atoms with Crippen LogP contribution in [0, 0.1) is 17.1 Å². The first kappa shape index (κ1) is 14.8. The lowest BCUT2D eigenvalue weighted by Gasteiger charge is -2.09. The predicted octanol–water partition coefficient (Wildman–Crippen LogP) is 4.94. The Hall–Kier alpha value is -3.12. The van der Waals surface area contributed by atoms with Gasteiger partial charge in [-0.1, -0.05) is 48.5 Å². The maximum absolute atomic E-state index is 14.1. The van der Waals surface area contributed by atoms with Crippen molar-refractivity contribution in [2.75, 3.05) is 0 Å². The SMILES string of the molecule is N#Cc1ccc(-c2cccc(OCc3ccccc3)c2)c(F)c1. The van der Waals surface area contributed by atoms with Crippen LogP contribution in [0.25, 0.3) is 11.1 Å². The van der Waals surface area contributed by atoms with Crippen LogP contribution >= 0.6 is 0 Å². The fourth-order valence-corrected chi connectivity index (χ4v) is 2.31. The lowest BCUT2D eigenvalue weighted by molar-refractivity contribution is 0.306. The highest BCUT2D eigenvalue weighted by Crippen LogP contribution is 2.27. The Morgan fingerprint density at radius 2 is 1.74 bits per heavy atom. The highest BCUT2D eigenvalue weighted by Gasteiger charge is 2.07. The highest BCUT2D eigenvalue weighted by atomic mass is 19.1. The minimum atomic E-state index is -0.413. The third-order valence-electron chi connectivity index (χ3n) is 3.49. The number of benzene rings is 3. The molecule has 0 N–H and O–H groups in total. The Bertz CT molecular complexity index is 853. The molecule has 3 aromatic carbocycles. The number of hydrogen-bond acceptors (Lipinski definition) is 2. The largest absolute Gasteiger partial charge is 0.489 e. The number of nitriles is 1. The van der Waals surface area contributed by atoms with Crippen molar-refractivity contribution in [2.24, 2.45) is 0 Å². The van der Waals surface area contributed by atoms with Crippen LogP contribution in [0.2, 0.25) is 0 Å². The molecule has 0 heterocycles. The first-order valence-electron chi connectivity index (χ1n) is 7.23. The molecule has 0 amide bonds. The lowest BCUT2D eigenvalue weighted by atomic mass is 10.0. The standard InChI is InChI=1S/C20H14FNO/c21-20-11-16(13-22)9-10-19(20)17-7-4-8-18(12-17)23-14-15-5-2-1-3-6-15/h1-12H,14H2. The molecular formula is C20H14FNO. The van der Waals surface area contributed by atoms with E-state index in [0.717, 1.165) is 11.1 Å². The van der Waals surface area contributed by atoms with E-state index < -0.39 is 5.82 Å². The van der Waals surface area contributed by atoms with Crippen LogP contribution in [0.5, 0.6) is 5.75 Å². The summed E-state index contributed by atoms with van der Waals surface area (Å²) in [5.41, 5.74) is 2.55. The molecule has 0 saturated carbocycles. The first-order valence-corrected chi connectivity index (χ1v) is 7.23. The van der Waals surface area contributed by atoms with E-state index in [1.807, 2.05) is 54.6 Å². The number of hydrogen-bond donors (Lipinski definition) is 0. The second-order valence-electron chi connectivity index (χ2n) is 5.11. The minimum absolute atomic E-state index is 0.308. The van der Waals surface area contributed by atoms with Crippen molar-refractivity contribution >= 4 is 0 Å². The van der Waals surface area contributed by atoms with Gasteiger partial charge in [-0.2, -0.15) is 5.26 Å². The molecule has 0 unspecified atom stereocenters. The Labute approximate surface area is 134 Å².